The molecular weight excluding hydrogens is 292 g/mol. The molecule has 1 atom stereocenters. The van der Waals surface area contributed by atoms with Gasteiger partial charge in [-0.1, -0.05) is 18.2 Å². The van der Waals surface area contributed by atoms with Crippen molar-refractivity contribution in [3.63, 3.8) is 0 Å². The Kier molecular flexibility index (Phi) is 4.88. The van der Waals surface area contributed by atoms with E-state index in [4.69, 9.17) is 4.74 Å². The van der Waals surface area contributed by atoms with Gasteiger partial charge in [-0.05, 0) is 37.8 Å². The van der Waals surface area contributed by atoms with Gasteiger partial charge < -0.3 is 15.2 Å². The van der Waals surface area contributed by atoms with Crippen molar-refractivity contribution in [1.82, 2.24) is 10.3 Å². The van der Waals surface area contributed by atoms with Crippen molar-refractivity contribution in [3.8, 4) is 0 Å². The summed E-state index contributed by atoms with van der Waals surface area (Å²) in [6, 6.07) is 9.45. The first-order valence-electron chi connectivity index (χ1n) is 8.05. The minimum atomic E-state index is -0.535. The van der Waals surface area contributed by atoms with Crippen LogP contribution >= 0.6 is 0 Å². The second-order valence-corrected chi connectivity index (χ2v) is 6.06. The molecule has 1 aromatic carbocycles. The van der Waals surface area contributed by atoms with E-state index >= 15 is 0 Å². The van der Waals surface area contributed by atoms with Crippen LogP contribution in [0.15, 0.2) is 30.3 Å². The Labute approximate surface area is 135 Å². The summed E-state index contributed by atoms with van der Waals surface area (Å²) in [6.07, 6.45) is 1.14. The van der Waals surface area contributed by atoms with E-state index in [1.807, 2.05) is 31.2 Å². The lowest BCUT2D eigenvalue weighted by atomic mass is 9.94. The number of aromatic nitrogens is 1. The summed E-state index contributed by atoms with van der Waals surface area (Å²) < 4.78 is 5.30. The van der Waals surface area contributed by atoms with Gasteiger partial charge >= 0.3 is 0 Å². The molecule has 0 spiro atoms. The Morgan fingerprint density at radius 3 is 2.91 bits per heavy atom. The van der Waals surface area contributed by atoms with Gasteiger partial charge in [0.15, 0.2) is 0 Å². The highest BCUT2D eigenvalue weighted by atomic mass is 16.5. The number of amides is 1. The van der Waals surface area contributed by atoms with E-state index in [0.717, 1.165) is 23.9 Å². The molecule has 2 aromatic rings. The number of nitrogens with zero attached hydrogens (tertiary/aromatic N) is 1. The number of benzene rings is 1. The summed E-state index contributed by atoms with van der Waals surface area (Å²) in [6.45, 7) is 3.53. The van der Waals surface area contributed by atoms with Crippen LogP contribution in [0.3, 0.4) is 0 Å². The van der Waals surface area contributed by atoms with E-state index in [0.29, 0.717) is 24.3 Å². The number of carbonyl (C=O) groups is 1. The monoisotopic (exact) mass is 314 g/mol. The normalized spacial score (nSPS) is 17.1. The lowest BCUT2D eigenvalue weighted by molar-refractivity contribution is 0.00873. The lowest BCUT2D eigenvalue weighted by Gasteiger charge is -2.26. The van der Waals surface area contributed by atoms with Crippen LogP contribution < -0.4 is 5.32 Å². The third kappa shape index (κ3) is 3.68. The zero-order valence-corrected chi connectivity index (χ0v) is 13.3. The molecule has 2 heterocycles. The van der Waals surface area contributed by atoms with Crippen LogP contribution in [0.5, 0.6) is 0 Å². The molecule has 0 radical (unpaired) electrons. The summed E-state index contributed by atoms with van der Waals surface area (Å²) >= 11 is 0. The maximum absolute atomic E-state index is 12.5. The number of hydrogen-bond acceptors (Lipinski definition) is 4. The molecule has 1 fully saturated rings. The van der Waals surface area contributed by atoms with Crippen LogP contribution in [0.1, 0.15) is 28.9 Å². The molecule has 2 N–H and O–H groups in total. The lowest BCUT2D eigenvalue weighted by Crippen LogP contribution is -2.38. The molecule has 122 valence electrons. The fourth-order valence-corrected chi connectivity index (χ4v) is 2.99. The second kappa shape index (κ2) is 7.06. The van der Waals surface area contributed by atoms with Crippen molar-refractivity contribution < 1.29 is 14.6 Å². The summed E-state index contributed by atoms with van der Waals surface area (Å²) in [5.74, 6) is -0.00301. The minimum absolute atomic E-state index is 0.192. The zero-order chi connectivity index (χ0) is 16.2. The molecule has 1 saturated heterocycles. The van der Waals surface area contributed by atoms with E-state index < -0.39 is 6.10 Å². The second-order valence-electron chi connectivity index (χ2n) is 6.06. The number of carbonyl (C=O) groups excluding carboxylic acids is 1. The quantitative estimate of drug-likeness (QED) is 0.906. The van der Waals surface area contributed by atoms with Gasteiger partial charge in [0.05, 0.1) is 17.2 Å². The van der Waals surface area contributed by atoms with E-state index in [2.05, 4.69) is 10.3 Å². The zero-order valence-electron chi connectivity index (χ0n) is 13.3. The van der Waals surface area contributed by atoms with E-state index in [1.54, 1.807) is 6.07 Å². The molecule has 5 nitrogen and oxygen atoms in total. The average Bonchev–Trinajstić information content (AvgIpc) is 2.59. The van der Waals surface area contributed by atoms with Gasteiger partial charge in [0.2, 0.25) is 0 Å². The van der Waals surface area contributed by atoms with Crippen molar-refractivity contribution in [2.45, 2.75) is 25.9 Å². The van der Waals surface area contributed by atoms with Crippen LogP contribution in [0.4, 0.5) is 0 Å². The molecular formula is C18H22N2O3. The number of aliphatic hydroxyl groups is 1. The topological polar surface area (TPSA) is 71.5 Å². The summed E-state index contributed by atoms with van der Waals surface area (Å²) in [7, 11) is 0. The molecule has 0 unspecified atom stereocenters. The standard InChI is InChI=1S/C18H22N2O3/c1-12-5-6-14-3-2-4-15(17(14)20-12)18(22)19-11-16(21)13-7-9-23-10-8-13/h2-6,13,16,21H,7-11H2,1H3,(H,19,22)/t16-/m0/s1. The number of hydrogen-bond donors (Lipinski definition) is 2. The molecule has 23 heavy (non-hydrogen) atoms. The number of ether oxygens (including phenoxy) is 1. The molecule has 5 heteroatoms. The summed E-state index contributed by atoms with van der Waals surface area (Å²) in [5.41, 5.74) is 2.12. The molecule has 1 aliphatic rings. The van der Waals surface area contributed by atoms with Crippen LogP contribution in [0.25, 0.3) is 10.9 Å². The molecule has 0 saturated carbocycles. The van der Waals surface area contributed by atoms with Gasteiger partial charge in [0, 0.05) is 30.8 Å². The minimum Gasteiger partial charge on any atom is -0.391 e. The molecule has 1 aromatic heterocycles. The number of pyridine rings is 1. The SMILES string of the molecule is Cc1ccc2cccc(C(=O)NC[C@H](O)C3CCOCC3)c2n1. The smallest absolute Gasteiger partial charge is 0.253 e. The number of para-hydroxylation sites is 1. The predicted octanol–water partition coefficient (Wildman–Crippen LogP) is 2.06. The van der Waals surface area contributed by atoms with Crippen LogP contribution in [0.2, 0.25) is 0 Å². The number of aliphatic hydroxyl groups excluding tert-OH is 1. The van der Waals surface area contributed by atoms with Gasteiger partial charge in [-0.2, -0.15) is 0 Å². The molecule has 1 aliphatic heterocycles. The average molecular weight is 314 g/mol. The van der Waals surface area contributed by atoms with Crippen molar-refractivity contribution >= 4 is 16.8 Å². The first kappa shape index (κ1) is 15.9. The number of nitrogens with one attached hydrogen (secondary N) is 1. The fourth-order valence-electron chi connectivity index (χ4n) is 2.99. The highest BCUT2D eigenvalue weighted by molar-refractivity contribution is 6.05. The van der Waals surface area contributed by atoms with E-state index in [1.165, 1.54) is 0 Å². The van der Waals surface area contributed by atoms with Crippen LogP contribution in [-0.4, -0.2) is 41.9 Å². The van der Waals surface area contributed by atoms with Crippen molar-refractivity contribution in [2.24, 2.45) is 5.92 Å². The Morgan fingerprint density at radius 2 is 2.13 bits per heavy atom. The Balaban J connectivity index is 1.69. The van der Waals surface area contributed by atoms with Gasteiger partial charge in [0.25, 0.3) is 5.91 Å². The first-order valence-corrected chi connectivity index (χ1v) is 8.05. The number of aryl methyl sites for hydroxylation is 1. The third-order valence-electron chi connectivity index (χ3n) is 4.39. The maximum Gasteiger partial charge on any atom is 0.253 e. The van der Waals surface area contributed by atoms with Gasteiger partial charge in [-0.25, -0.2) is 0 Å². The van der Waals surface area contributed by atoms with Gasteiger partial charge in [-0.3, -0.25) is 9.78 Å². The van der Waals surface area contributed by atoms with Crippen LogP contribution in [-0.2, 0) is 4.74 Å². The van der Waals surface area contributed by atoms with Crippen molar-refractivity contribution in [2.75, 3.05) is 19.8 Å². The van der Waals surface area contributed by atoms with E-state index in [9.17, 15) is 9.90 Å². The predicted molar refractivity (Wildman–Crippen MR) is 88.4 cm³/mol. The third-order valence-corrected chi connectivity index (χ3v) is 4.39. The number of fused-ring (bicyclic) bond motifs is 1. The van der Waals surface area contributed by atoms with Gasteiger partial charge in [0.1, 0.15) is 0 Å². The molecule has 0 bridgehead atoms. The summed E-state index contributed by atoms with van der Waals surface area (Å²) in [4.78, 5) is 16.9. The summed E-state index contributed by atoms with van der Waals surface area (Å²) in [5, 5.41) is 14.0. The highest BCUT2D eigenvalue weighted by Crippen LogP contribution is 2.19. The van der Waals surface area contributed by atoms with Crippen molar-refractivity contribution in [1.29, 1.82) is 0 Å². The van der Waals surface area contributed by atoms with Crippen molar-refractivity contribution in [3.05, 3.63) is 41.6 Å². The number of rotatable bonds is 4. The Morgan fingerprint density at radius 1 is 1.35 bits per heavy atom. The van der Waals surface area contributed by atoms with E-state index in [-0.39, 0.29) is 18.4 Å². The van der Waals surface area contributed by atoms with Crippen LogP contribution in [0, 0.1) is 12.8 Å². The highest BCUT2D eigenvalue weighted by Gasteiger charge is 2.23. The van der Waals surface area contributed by atoms with Gasteiger partial charge in [-0.15, -0.1) is 0 Å². The molecule has 3 rings (SSSR count). The first-order chi connectivity index (χ1) is 11.1. The maximum atomic E-state index is 12.5. The fraction of sp³-hybridized carbons (Fsp3) is 0.444. The largest absolute Gasteiger partial charge is 0.391 e. The Hall–Kier alpha value is -1.98. The Bertz CT molecular complexity index is 696. The molecule has 1 amide bonds. The molecule has 0 aliphatic carbocycles.